The summed E-state index contributed by atoms with van der Waals surface area (Å²) in [4.78, 5) is 3.98. The molecule has 0 spiro atoms. The van der Waals surface area contributed by atoms with Gasteiger partial charge in [0, 0.05) is 17.7 Å². The highest BCUT2D eigenvalue weighted by molar-refractivity contribution is 6.39. The number of unbranched alkanes of at least 4 members (excludes halogenated alkanes) is 5. The van der Waals surface area contributed by atoms with Gasteiger partial charge >= 0.3 is 0 Å². The van der Waals surface area contributed by atoms with Crippen molar-refractivity contribution in [3.05, 3.63) is 58.6 Å². The molecule has 5 nitrogen and oxygen atoms in total. The second-order valence-electron chi connectivity index (χ2n) is 6.72. The summed E-state index contributed by atoms with van der Waals surface area (Å²) in [5.41, 5.74) is 0.431. The topological polar surface area (TPSA) is 65.8 Å². The largest absolute Gasteiger partial charge is 0.504 e. The maximum Gasteiger partial charge on any atom is 0.213 e. The Morgan fingerprint density at radius 1 is 1.14 bits per heavy atom. The summed E-state index contributed by atoms with van der Waals surface area (Å²) in [5, 5.41) is 21.5. The summed E-state index contributed by atoms with van der Waals surface area (Å²) in [7, 11) is 0. The number of aromatic hydroxyl groups is 1. The van der Waals surface area contributed by atoms with Gasteiger partial charge in [0.25, 0.3) is 0 Å². The van der Waals surface area contributed by atoms with E-state index in [9.17, 15) is 10.3 Å². The molecule has 2 aromatic rings. The molecule has 1 aliphatic rings. The van der Waals surface area contributed by atoms with E-state index in [1.54, 1.807) is 24.4 Å². The minimum atomic E-state index is -0.0262. The Hall–Kier alpha value is -1.95. The monoisotopic (exact) mass is 438 g/mol. The van der Waals surface area contributed by atoms with Gasteiger partial charge in [-0.05, 0) is 24.6 Å². The van der Waals surface area contributed by atoms with E-state index in [0.29, 0.717) is 35.0 Å². The predicted molar refractivity (Wildman–Crippen MR) is 118 cm³/mol. The molecule has 0 atom stereocenters. The molecule has 0 bridgehead atoms. The van der Waals surface area contributed by atoms with Gasteiger partial charge in [0.1, 0.15) is 5.52 Å². The van der Waals surface area contributed by atoms with E-state index in [2.05, 4.69) is 11.9 Å². The van der Waals surface area contributed by atoms with Crippen LogP contribution in [0.1, 0.15) is 45.4 Å². The number of hydrogen-bond donors (Lipinski definition) is 2. The number of phenols is 1. The molecule has 2 heterocycles. The first-order valence-electron chi connectivity index (χ1n) is 9.92. The van der Waals surface area contributed by atoms with Crippen molar-refractivity contribution in [2.24, 2.45) is 0 Å². The fourth-order valence-corrected chi connectivity index (χ4v) is 3.34. The van der Waals surface area contributed by atoms with E-state index in [1.807, 2.05) is 12.2 Å². The maximum atomic E-state index is 9.53. The molecular formula is C22H28Cl2N2O3. The van der Waals surface area contributed by atoms with Crippen LogP contribution in [-0.2, 0) is 4.74 Å². The number of pyridine rings is 1. The van der Waals surface area contributed by atoms with Gasteiger partial charge < -0.3 is 9.84 Å². The molecule has 0 fully saturated rings. The fourth-order valence-electron chi connectivity index (χ4n) is 2.83. The fraction of sp³-hybridized carbons (Fsp3) is 0.409. The predicted octanol–water partition coefficient (Wildman–Crippen LogP) is 6.71. The molecule has 1 aliphatic heterocycles. The third-order valence-corrected chi connectivity index (χ3v) is 5.03. The van der Waals surface area contributed by atoms with Crippen molar-refractivity contribution >= 4 is 34.1 Å². The van der Waals surface area contributed by atoms with Gasteiger partial charge in [-0.2, -0.15) is 0 Å². The van der Waals surface area contributed by atoms with Crippen molar-refractivity contribution in [1.82, 2.24) is 10.0 Å². The lowest BCUT2D eigenvalue weighted by Gasteiger charge is -2.20. The minimum Gasteiger partial charge on any atom is -0.504 e. The molecule has 0 radical (unpaired) electrons. The molecule has 7 heteroatoms. The second kappa shape index (κ2) is 12.6. The zero-order chi connectivity index (χ0) is 21.1. The van der Waals surface area contributed by atoms with Crippen LogP contribution in [0.5, 0.6) is 5.75 Å². The van der Waals surface area contributed by atoms with Crippen LogP contribution < -0.4 is 0 Å². The Kier molecular flexibility index (Phi) is 10.1. The Labute approximate surface area is 182 Å². The van der Waals surface area contributed by atoms with Crippen LogP contribution in [0, 0.1) is 0 Å². The summed E-state index contributed by atoms with van der Waals surface area (Å²) in [6.45, 7) is 3.44. The first-order chi connectivity index (χ1) is 14.0. The van der Waals surface area contributed by atoms with Crippen LogP contribution in [0.25, 0.3) is 10.9 Å². The molecule has 1 aromatic carbocycles. The molecule has 0 saturated carbocycles. The normalized spacial score (nSPS) is 13.1. The molecule has 3 rings (SSSR count). The standard InChI is InChI=1S/C13H23NO2.C9H5Cl2NO/c1-2-3-4-5-6-9-12-16-13-10-7-8-11-14(13)15;10-6-4-7(11)9(13)8-5(6)2-1-3-12-8/h7-8,10,15H,2-6,9,11-12H2,1H3;1-4,13H. The number of rotatable bonds is 8. The average molecular weight is 439 g/mol. The number of benzene rings is 1. The van der Waals surface area contributed by atoms with Crippen LogP contribution in [0.3, 0.4) is 0 Å². The lowest BCUT2D eigenvalue weighted by Crippen LogP contribution is -2.22. The number of hydrogen-bond acceptors (Lipinski definition) is 5. The lowest BCUT2D eigenvalue weighted by atomic mass is 10.1. The third-order valence-electron chi connectivity index (χ3n) is 4.42. The van der Waals surface area contributed by atoms with Crippen LogP contribution in [0.4, 0.5) is 0 Å². The molecular weight excluding hydrogens is 411 g/mol. The highest BCUT2D eigenvalue weighted by Crippen LogP contribution is 2.35. The summed E-state index contributed by atoms with van der Waals surface area (Å²) >= 11 is 11.6. The van der Waals surface area contributed by atoms with Crippen molar-refractivity contribution in [2.75, 3.05) is 13.2 Å². The number of phenolic OH excluding ortho intramolecular Hbond substituents is 1. The molecule has 29 heavy (non-hydrogen) atoms. The zero-order valence-corrected chi connectivity index (χ0v) is 18.2. The summed E-state index contributed by atoms with van der Waals surface area (Å²) in [6, 6.07) is 5.03. The maximum absolute atomic E-state index is 9.53. The zero-order valence-electron chi connectivity index (χ0n) is 16.7. The quantitative estimate of drug-likeness (QED) is 0.448. The smallest absolute Gasteiger partial charge is 0.213 e. The number of ether oxygens (including phenoxy) is 1. The molecule has 2 N–H and O–H groups in total. The number of nitrogens with zero attached hydrogens (tertiary/aromatic N) is 2. The summed E-state index contributed by atoms with van der Waals surface area (Å²) in [6.07, 6.45) is 14.7. The Morgan fingerprint density at radius 2 is 1.90 bits per heavy atom. The second-order valence-corrected chi connectivity index (χ2v) is 7.53. The van der Waals surface area contributed by atoms with E-state index in [4.69, 9.17) is 27.9 Å². The summed E-state index contributed by atoms with van der Waals surface area (Å²) < 4.78 is 5.49. The SMILES string of the molecule is CCCCCCCCOC1=CC=CCN1O.Oc1c(Cl)cc(Cl)c2cccnc12. The highest BCUT2D eigenvalue weighted by atomic mass is 35.5. The van der Waals surface area contributed by atoms with E-state index < -0.39 is 0 Å². The average Bonchev–Trinajstić information content (AvgIpc) is 2.73. The van der Waals surface area contributed by atoms with Gasteiger partial charge in [0.15, 0.2) is 5.75 Å². The van der Waals surface area contributed by atoms with E-state index in [-0.39, 0.29) is 10.8 Å². The lowest BCUT2D eigenvalue weighted by molar-refractivity contribution is -0.0998. The Balaban J connectivity index is 0.000000211. The number of halogens is 2. The number of allylic oxidation sites excluding steroid dienone is 2. The first kappa shape index (κ1) is 23.3. The minimum absolute atomic E-state index is 0.0262. The number of hydroxylamine groups is 2. The van der Waals surface area contributed by atoms with Gasteiger partial charge in [0.05, 0.1) is 23.2 Å². The van der Waals surface area contributed by atoms with Crippen molar-refractivity contribution < 1.29 is 15.1 Å². The molecule has 1 aromatic heterocycles. The molecule has 158 valence electrons. The van der Waals surface area contributed by atoms with Gasteiger partial charge in [-0.15, -0.1) is 0 Å². The molecule has 0 aliphatic carbocycles. The van der Waals surface area contributed by atoms with Crippen LogP contribution in [-0.4, -0.2) is 33.5 Å². The van der Waals surface area contributed by atoms with Gasteiger partial charge in [-0.25, -0.2) is 5.06 Å². The first-order valence-corrected chi connectivity index (χ1v) is 10.7. The molecule has 0 unspecified atom stereocenters. The highest BCUT2D eigenvalue weighted by Gasteiger charge is 2.09. The van der Waals surface area contributed by atoms with Crippen molar-refractivity contribution in [1.29, 1.82) is 0 Å². The Bertz CT molecular complexity index is 840. The van der Waals surface area contributed by atoms with Gasteiger partial charge in [-0.1, -0.05) is 74.4 Å². The van der Waals surface area contributed by atoms with Gasteiger partial charge in [0.2, 0.25) is 5.88 Å². The van der Waals surface area contributed by atoms with Crippen LogP contribution in [0.15, 0.2) is 48.5 Å². The number of fused-ring (bicyclic) bond motifs is 1. The summed E-state index contributed by atoms with van der Waals surface area (Å²) in [5.74, 6) is 0.540. The van der Waals surface area contributed by atoms with Crippen molar-refractivity contribution in [3.8, 4) is 5.75 Å². The van der Waals surface area contributed by atoms with E-state index >= 15 is 0 Å². The van der Waals surface area contributed by atoms with E-state index in [0.717, 1.165) is 11.5 Å². The van der Waals surface area contributed by atoms with Crippen LogP contribution in [0.2, 0.25) is 10.0 Å². The number of aromatic nitrogens is 1. The van der Waals surface area contributed by atoms with Crippen molar-refractivity contribution in [2.45, 2.75) is 45.4 Å². The third kappa shape index (κ3) is 7.42. The van der Waals surface area contributed by atoms with Crippen LogP contribution >= 0.6 is 23.2 Å². The van der Waals surface area contributed by atoms with E-state index in [1.165, 1.54) is 38.2 Å². The van der Waals surface area contributed by atoms with Gasteiger partial charge in [-0.3, -0.25) is 10.2 Å². The van der Waals surface area contributed by atoms with Crippen molar-refractivity contribution in [3.63, 3.8) is 0 Å². The molecule has 0 amide bonds. The molecule has 0 saturated heterocycles. The Morgan fingerprint density at radius 3 is 2.66 bits per heavy atom.